The van der Waals surface area contributed by atoms with Crippen LogP contribution in [0.3, 0.4) is 0 Å². The fraction of sp³-hybridized carbons (Fsp3) is 0.400. The summed E-state index contributed by atoms with van der Waals surface area (Å²) < 4.78 is 5.86. The van der Waals surface area contributed by atoms with Gasteiger partial charge in [0.05, 0.1) is 13.7 Å². The molecular formula is C10H14BrNO3. The van der Waals surface area contributed by atoms with E-state index in [-0.39, 0.29) is 12.4 Å². The third-order valence-corrected chi connectivity index (χ3v) is 2.40. The number of aromatic hydroxyl groups is 1. The van der Waals surface area contributed by atoms with Gasteiger partial charge >= 0.3 is 0 Å². The van der Waals surface area contributed by atoms with E-state index in [9.17, 15) is 5.11 Å². The molecule has 0 saturated heterocycles. The minimum atomic E-state index is 0.0753. The lowest BCUT2D eigenvalue weighted by molar-refractivity contribution is 0.291. The van der Waals surface area contributed by atoms with Crippen molar-refractivity contribution in [2.45, 2.75) is 6.54 Å². The van der Waals surface area contributed by atoms with Crippen LogP contribution in [0.2, 0.25) is 0 Å². The molecule has 0 heterocycles. The molecule has 1 aromatic carbocycles. The van der Waals surface area contributed by atoms with E-state index in [1.54, 1.807) is 6.07 Å². The monoisotopic (exact) mass is 275 g/mol. The van der Waals surface area contributed by atoms with Crippen molar-refractivity contribution in [1.29, 1.82) is 0 Å². The van der Waals surface area contributed by atoms with Crippen molar-refractivity contribution in [2.75, 3.05) is 20.3 Å². The Bertz CT molecular complexity index is 331. The molecule has 0 aliphatic heterocycles. The van der Waals surface area contributed by atoms with E-state index in [0.717, 1.165) is 10.0 Å². The van der Waals surface area contributed by atoms with Crippen LogP contribution in [0.1, 0.15) is 5.56 Å². The fourth-order valence-electron chi connectivity index (χ4n) is 1.22. The summed E-state index contributed by atoms with van der Waals surface area (Å²) >= 11 is 3.33. The Morgan fingerprint density at radius 2 is 2.20 bits per heavy atom. The largest absolute Gasteiger partial charge is 0.504 e. The van der Waals surface area contributed by atoms with Crippen LogP contribution >= 0.6 is 15.9 Å². The molecule has 0 atom stereocenters. The van der Waals surface area contributed by atoms with Crippen LogP contribution in [0, 0.1) is 0 Å². The van der Waals surface area contributed by atoms with E-state index in [4.69, 9.17) is 9.84 Å². The maximum atomic E-state index is 9.76. The number of ether oxygens (including phenoxy) is 1. The van der Waals surface area contributed by atoms with Gasteiger partial charge in [0.2, 0.25) is 0 Å². The molecule has 4 nitrogen and oxygen atoms in total. The zero-order valence-corrected chi connectivity index (χ0v) is 10.0. The van der Waals surface area contributed by atoms with Gasteiger partial charge in [-0.15, -0.1) is 0 Å². The summed E-state index contributed by atoms with van der Waals surface area (Å²) in [6.45, 7) is 1.06. The number of hydrogen-bond acceptors (Lipinski definition) is 4. The normalized spacial score (nSPS) is 10.3. The molecular weight excluding hydrogens is 262 g/mol. The number of aliphatic hydroxyl groups is 1. The second-order valence-electron chi connectivity index (χ2n) is 3.02. The average molecular weight is 276 g/mol. The van der Waals surface area contributed by atoms with Crippen molar-refractivity contribution in [3.8, 4) is 11.5 Å². The summed E-state index contributed by atoms with van der Waals surface area (Å²) in [7, 11) is 1.51. The van der Waals surface area contributed by atoms with Gasteiger partial charge in [0.25, 0.3) is 0 Å². The lowest BCUT2D eigenvalue weighted by Crippen LogP contribution is -2.17. The second-order valence-corrected chi connectivity index (χ2v) is 3.93. The molecule has 0 amide bonds. The van der Waals surface area contributed by atoms with Gasteiger partial charge in [-0.05, 0) is 12.1 Å². The number of aliphatic hydroxyl groups excluding tert-OH is 1. The third-order valence-electron chi connectivity index (χ3n) is 1.94. The van der Waals surface area contributed by atoms with Crippen LogP contribution in [-0.2, 0) is 6.54 Å². The van der Waals surface area contributed by atoms with Gasteiger partial charge in [-0.1, -0.05) is 15.9 Å². The molecule has 0 fully saturated rings. The number of rotatable bonds is 5. The Balaban J connectivity index is 2.81. The van der Waals surface area contributed by atoms with E-state index in [1.165, 1.54) is 7.11 Å². The second kappa shape index (κ2) is 5.95. The van der Waals surface area contributed by atoms with Gasteiger partial charge in [0, 0.05) is 23.1 Å². The molecule has 15 heavy (non-hydrogen) atoms. The number of phenols is 1. The number of nitrogens with one attached hydrogen (secondary N) is 1. The van der Waals surface area contributed by atoms with Crippen LogP contribution < -0.4 is 10.1 Å². The first-order chi connectivity index (χ1) is 7.19. The Labute approximate surface area is 97.0 Å². The number of phenolic OH excluding ortho intramolecular Hbond substituents is 1. The predicted molar refractivity (Wildman–Crippen MR) is 61.2 cm³/mol. The maximum Gasteiger partial charge on any atom is 0.162 e. The molecule has 0 spiro atoms. The van der Waals surface area contributed by atoms with Crippen LogP contribution in [0.5, 0.6) is 11.5 Å². The van der Waals surface area contributed by atoms with E-state index in [2.05, 4.69) is 21.2 Å². The van der Waals surface area contributed by atoms with E-state index < -0.39 is 0 Å². The van der Waals surface area contributed by atoms with Crippen LogP contribution in [0.15, 0.2) is 16.6 Å². The summed E-state index contributed by atoms with van der Waals surface area (Å²) in [5, 5.41) is 21.4. The molecule has 1 aromatic rings. The molecule has 0 saturated carbocycles. The molecule has 0 aromatic heterocycles. The SMILES string of the molecule is COc1cc(Br)cc(CNCCO)c1O. The topological polar surface area (TPSA) is 61.7 Å². The van der Waals surface area contributed by atoms with Gasteiger partial charge in [-0.2, -0.15) is 0 Å². The van der Waals surface area contributed by atoms with Gasteiger partial charge in [0.15, 0.2) is 11.5 Å². The predicted octanol–water partition coefficient (Wildman–Crippen LogP) is 1.25. The average Bonchev–Trinajstić information content (AvgIpc) is 2.23. The van der Waals surface area contributed by atoms with Crippen molar-refractivity contribution in [3.05, 3.63) is 22.2 Å². The van der Waals surface area contributed by atoms with Crippen molar-refractivity contribution in [1.82, 2.24) is 5.32 Å². The summed E-state index contributed by atoms with van der Waals surface area (Å²) in [6.07, 6.45) is 0. The molecule has 3 N–H and O–H groups in total. The van der Waals surface area contributed by atoms with Crippen LogP contribution in [0.25, 0.3) is 0 Å². The van der Waals surface area contributed by atoms with Crippen molar-refractivity contribution < 1.29 is 14.9 Å². The number of halogens is 1. The molecule has 1 rings (SSSR count). The minimum Gasteiger partial charge on any atom is -0.504 e. The Hall–Kier alpha value is -0.780. The number of hydrogen-bond donors (Lipinski definition) is 3. The molecule has 5 heteroatoms. The molecule has 0 bridgehead atoms. The highest BCUT2D eigenvalue weighted by molar-refractivity contribution is 9.10. The van der Waals surface area contributed by atoms with Gasteiger partial charge in [-0.25, -0.2) is 0 Å². The van der Waals surface area contributed by atoms with Gasteiger partial charge in [-0.3, -0.25) is 0 Å². The Kier molecular flexibility index (Phi) is 4.87. The highest BCUT2D eigenvalue weighted by Gasteiger charge is 2.08. The molecule has 84 valence electrons. The summed E-state index contributed by atoms with van der Waals surface area (Å²) in [5.41, 5.74) is 0.731. The van der Waals surface area contributed by atoms with E-state index >= 15 is 0 Å². The van der Waals surface area contributed by atoms with Crippen LogP contribution in [-0.4, -0.2) is 30.5 Å². The van der Waals surface area contributed by atoms with Crippen LogP contribution in [0.4, 0.5) is 0 Å². The van der Waals surface area contributed by atoms with Crippen molar-refractivity contribution in [2.24, 2.45) is 0 Å². The molecule has 0 aliphatic rings. The maximum absolute atomic E-state index is 9.76. The smallest absolute Gasteiger partial charge is 0.162 e. The summed E-state index contributed by atoms with van der Waals surface area (Å²) in [4.78, 5) is 0. The highest BCUT2D eigenvalue weighted by atomic mass is 79.9. The Morgan fingerprint density at radius 1 is 1.47 bits per heavy atom. The molecule has 0 aliphatic carbocycles. The van der Waals surface area contributed by atoms with E-state index in [1.807, 2.05) is 6.07 Å². The minimum absolute atomic E-state index is 0.0753. The fourth-order valence-corrected chi connectivity index (χ4v) is 1.71. The number of benzene rings is 1. The molecule has 0 radical (unpaired) electrons. The highest BCUT2D eigenvalue weighted by Crippen LogP contribution is 2.33. The van der Waals surface area contributed by atoms with Crippen molar-refractivity contribution in [3.63, 3.8) is 0 Å². The first-order valence-corrected chi connectivity index (χ1v) is 5.35. The standard InChI is InChI=1S/C10H14BrNO3/c1-15-9-5-8(11)4-7(10(9)14)6-12-2-3-13/h4-5,12-14H,2-3,6H2,1H3. The lowest BCUT2D eigenvalue weighted by Gasteiger charge is -2.10. The zero-order chi connectivity index (χ0) is 11.3. The van der Waals surface area contributed by atoms with E-state index in [0.29, 0.717) is 18.8 Å². The lowest BCUT2D eigenvalue weighted by atomic mass is 10.2. The van der Waals surface area contributed by atoms with Crippen molar-refractivity contribution >= 4 is 15.9 Å². The number of methoxy groups -OCH3 is 1. The third kappa shape index (κ3) is 3.37. The Morgan fingerprint density at radius 3 is 2.80 bits per heavy atom. The first kappa shape index (κ1) is 12.3. The summed E-state index contributed by atoms with van der Waals surface area (Å²) in [5.74, 6) is 0.566. The summed E-state index contributed by atoms with van der Waals surface area (Å²) in [6, 6.07) is 3.51. The zero-order valence-electron chi connectivity index (χ0n) is 8.46. The first-order valence-electron chi connectivity index (χ1n) is 4.56. The molecule has 0 unspecified atom stereocenters. The quantitative estimate of drug-likeness (QED) is 0.708. The van der Waals surface area contributed by atoms with Gasteiger partial charge in [0.1, 0.15) is 0 Å². The van der Waals surface area contributed by atoms with Gasteiger partial charge < -0.3 is 20.3 Å².